The van der Waals surface area contributed by atoms with Gasteiger partial charge in [-0.15, -0.1) is 5.10 Å². The lowest BCUT2D eigenvalue weighted by molar-refractivity contribution is 0.342. The van der Waals surface area contributed by atoms with Crippen LogP contribution in [0, 0.1) is 0 Å². The molecule has 0 aromatic carbocycles. The van der Waals surface area contributed by atoms with Gasteiger partial charge in [0, 0.05) is 0 Å². The van der Waals surface area contributed by atoms with Gasteiger partial charge in [-0.1, -0.05) is 5.10 Å². The van der Waals surface area contributed by atoms with Crippen LogP contribution in [-0.4, -0.2) is 12.4 Å². The number of rotatable bonds is 0. The predicted octanol–water partition coefficient (Wildman–Crippen LogP) is 0.0488. The second-order valence-electron chi connectivity index (χ2n) is 0.618. The van der Waals surface area contributed by atoms with E-state index in [-0.39, 0.29) is 0 Å². The Morgan fingerprint density at radius 1 is 1.67 bits per heavy atom. The molecule has 1 heterocycles. The van der Waals surface area contributed by atoms with E-state index in [2.05, 4.69) is 26.2 Å². The topological polar surface area (TPSA) is 46.3 Å². The highest BCUT2D eigenvalue weighted by Crippen LogP contribution is 1.74. The molecule has 0 fully saturated rings. The molecule has 0 saturated carbocycles. The Morgan fingerprint density at radius 3 is 2.83 bits per heavy atom. The summed E-state index contributed by atoms with van der Waals surface area (Å²) in [7, 11) is 0. The Bertz CT molecular complexity index is 121. The highest BCUT2D eigenvalue weighted by molar-refractivity contribution is 5.52. The van der Waals surface area contributed by atoms with E-state index in [4.69, 9.17) is 0 Å². The van der Waals surface area contributed by atoms with Gasteiger partial charge in [0.05, 0.1) is 0 Å². The van der Waals surface area contributed by atoms with E-state index in [0.717, 1.165) is 6.40 Å². The van der Waals surface area contributed by atoms with E-state index < -0.39 is 0 Å². The average molecular weight is 83.1 g/mol. The first-order valence-electron chi connectivity index (χ1n) is 1.32. The van der Waals surface area contributed by atoms with Crippen LogP contribution in [0.1, 0.15) is 0 Å². The Balaban J connectivity index is 2.78. The second kappa shape index (κ2) is 1.33. The molecule has 4 heteroatoms. The van der Waals surface area contributed by atoms with Crippen molar-refractivity contribution in [2.24, 2.45) is 15.4 Å². The van der Waals surface area contributed by atoms with E-state index in [1.54, 1.807) is 0 Å². The minimum absolute atomic E-state index is 1.12. The first-order valence-corrected chi connectivity index (χ1v) is 1.32. The van der Waals surface area contributed by atoms with Crippen molar-refractivity contribution in [3.63, 3.8) is 0 Å². The van der Waals surface area contributed by atoms with Crippen LogP contribution in [0.2, 0.25) is 0 Å². The molecule has 0 bridgehead atoms. The van der Waals surface area contributed by atoms with Gasteiger partial charge in [-0.25, -0.2) is 0 Å². The first-order chi connectivity index (χ1) is 3.00. The summed E-state index contributed by atoms with van der Waals surface area (Å²) in [5, 5.41) is 9.57. The van der Waals surface area contributed by atoms with Crippen molar-refractivity contribution in [3.05, 3.63) is 0 Å². The molecule has 6 heavy (non-hydrogen) atoms. The third-order valence-corrected chi connectivity index (χ3v) is 0.290. The molecule has 1 aliphatic heterocycles. The molecule has 0 aromatic heterocycles. The predicted molar refractivity (Wildman–Crippen MR) is 19.4 cm³/mol. The van der Waals surface area contributed by atoms with Gasteiger partial charge in [0.1, 0.15) is 0 Å². The molecule has 0 aliphatic carbocycles. The molecule has 0 N–H and O–H groups in total. The van der Waals surface area contributed by atoms with E-state index >= 15 is 0 Å². The van der Waals surface area contributed by atoms with Crippen LogP contribution in [0.15, 0.2) is 15.4 Å². The molecule has 1 rings (SSSR count). The number of hydrogen-bond acceptors (Lipinski definition) is 4. The van der Waals surface area contributed by atoms with Crippen molar-refractivity contribution < 1.29 is 4.84 Å². The fourth-order valence-corrected chi connectivity index (χ4v) is 0.136. The fourth-order valence-electron chi connectivity index (χ4n) is 0.136. The monoisotopic (exact) mass is 83.0 g/mol. The standard InChI is InChI=1S/C2HN3O/c1-3-4-2-6-5-1/h2H. The molecule has 0 aromatic rings. The third kappa shape index (κ3) is 0.415. The molecular weight excluding hydrogens is 82.0 g/mol. The smallest absolute Gasteiger partial charge is 0.233 e. The van der Waals surface area contributed by atoms with Crippen molar-refractivity contribution in [3.8, 4) is 0 Å². The summed E-state index contributed by atoms with van der Waals surface area (Å²) in [5.41, 5.74) is 0. The normalized spacial score (nSPS) is 14.7. The van der Waals surface area contributed by atoms with E-state index in [9.17, 15) is 0 Å². The molecule has 0 atom stereocenters. The maximum Gasteiger partial charge on any atom is 0.233 e. The lowest BCUT2D eigenvalue weighted by Gasteiger charge is -1.79. The van der Waals surface area contributed by atoms with Crippen molar-refractivity contribution in [1.29, 1.82) is 0 Å². The summed E-state index contributed by atoms with van der Waals surface area (Å²) in [4.78, 5) is 4.20. The van der Waals surface area contributed by atoms with Crippen LogP contribution < -0.4 is 0 Å². The zero-order valence-electron chi connectivity index (χ0n) is 2.83. The van der Waals surface area contributed by atoms with Crippen LogP contribution in [0.4, 0.5) is 0 Å². The van der Waals surface area contributed by atoms with Crippen LogP contribution in [-0.2, 0) is 4.84 Å². The van der Waals surface area contributed by atoms with Crippen molar-refractivity contribution in [2.75, 3.05) is 0 Å². The largest absolute Gasteiger partial charge is 0.333 e. The fraction of sp³-hybridized carbons (Fsp3) is 0. The first kappa shape index (κ1) is 3.06. The third-order valence-electron chi connectivity index (χ3n) is 0.290. The van der Waals surface area contributed by atoms with Gasteiger partial charge in [0.2, 0.25) is 6.40 Å². The van der Waals surface area contributed by atoms with Gasteiger partial charge in [-0.3, -0.25) is 0 Å². The Hall–Kier alpha value is -1.15. The minimum Gasteiger partial charge on any atom is -0.333 e. The molecule has 1 aliphatic rings. The van der Waals surface area contributed by atoms with Crippen LogP contribution in [0.25, 0.3) is 0 Å². The SMILES string of the molecule is C1=NN=CON=1. The number of nitrogens with zero attached hydrogens (tertiary/aromatic N) is 3. The van der Waals surface area contributed by atoms with Gasteiger partial charge in [0.15, 0.2) is 6.01 Å². The molecule has 0 radical (unpaired) electrons. The summed E-state index contributed by atoms with van der Waals surface area (Å²) in [6.45, 7) is 0. The van der Waals surface area contributed by atoms with Gasteiger partial charge >= 0.3 is 0 Å². The Kier molecular flexibility index (Phi) is 0.677. The van der Waals surface area contributed by atoms with Crippen molar-refractivity contribution >= 4 is 12.4 Å². The lowest BCUT2D eigenvalue weighted by Crippen LogP contribution is -1.77. The van der Waals surface area contributed by atoms with Crippen LogP contribution in [0.3, 0.4) is 0 Å². The molecule has 4 nitrogen and oxygen atoms in total. The summed E-state index contributed by atoms with van der Waals surface area (Å²) in [6, 6.07) is 2.11. The Morgan fingerprint density at radius 2 is 2.67 bits per heavy atom. The van der Waals surface area contributed by atoms with Crippen LogP contribution in [0.5, 0.6) is 0 Å². The van der Waals surface area contributed by atoms with Crippen LogP contribution >= 0.6 is 0 Å². The van der Waals surface area contributed by atoms with Crippen molar-refractivity contribution in [2.45, 2.75) is 0 Å². The second-order valence-corrected chi connectivity index (χ2v) is 0.618. The van der Waals surface area contributed by atoms with E-state index in [0.29, 0.717) is 0 Å². The maximum atomic E-state index is 4.20. The molecule has 0 amide bonds. The molecule has 30 valence electrons. The summed E-state index contributed by atoms with van der Waals surface area (Å²) < 4.78 is 0. The van der Waals surface area contributed by atoms with Gasteiger partial charge in [0.25, 0.3) is 0 Å². The van der Waals surface area contributed by atoms with E-state index in [1.165, 1.54) is 0 Å². The van der Waals surface area contributed by atoms with Crippen molar-refractivity contribution in [1.82, 2.24) is 0 Å². The minimum atomic E-state index is 1.12. The molecule has 0 spiro atoms. The summed E-state index contributed by atoms with van der Waals surface area (Å²) >= 11 is 0. The maximum absolute atomic E-state index is 4.20. The Labute approximate surface area is 33.8 Å². The summed E-state index contributed by atoms with van der Waals surface area (Å²) in [6.07, 6.45) is 1.12. The molecule has 0 unspecified atom stereocenters. The summed E-state index contributed by atoms with van der Waals surface area (Å²) in [5.74, 6) is 0. The molecule has 0 saturated heterocycles. The average Bonchev–Trinajstić information content (AvgIpc) is 1.72. The zero-order chi connectivity index (χ0) is 4.24. The van der Waals surface area contributed by atoms with Gasteiger partial charge < -0.3 is 4.84 Å². The number of hydrogen-bond donors (Lipinski definition) is 0. The zero-order valence-corrected chi connectivity index (χ0v) is 2.83. The van der Waals surface area contributed by atoms with E-state index in [1.807, 2.05) is 0 Å². The lowest BCUT2D eigenvalue weighted by atomic mass is 11.4. The highest BCUT2D eigenvalue weighted by Gasteiger charge is 1.70. The highest BCUT2D eigenvalue weighted by atomic mass is 16.6. The molecular formula is C2HN3O. The quantitative estimate of drug-likeness (QED) is 0.408. The van der Waals surface area contributed by atoms with Gasteiger partial charge in [-0.05, 0) is 5.16 Å². The van der Waals surface area contributed by atoms with Gasteiger partial charge in [-0.2, -0.15) is 0 Å².